The summed E-state index contributed by atoms with van der Waals surface area (Å²) in [6, 6.07) is 8.33. The molecule has 1 atom stereocenters. The lowest BCUT2D eigenvalue weighted by molar-refractivity contribution is -0.384. The quantitative estimate of drug-likeness (QED) is 0.167. The number of aliphatic imine (C=N–C) groups is 1. The fraction of sp³-hybridized carbons (Fsp3) is 0.450. The molecule has 1 aromatic heterocycles. The molecule has 1 aromatic carbocycles. The number of benzene rings is 1. The topological polar surface area (TPSA) is 125 Å². The molecule has 0 fully saturated rings. The SMILES string of the molecule is CCNC(=NCC(C)(O)c1cc(C)oc1C)NCCNc1ccccc1[N+](=O)[O-]. The van der Waals surface area contributed by atoms with Crippen molar-refractivity contribution in [3.05, 3.63) is 57.5 Å². The molecule has 9 heteroatoms. The van der Waals surface area contributed by atoms with E-state index in [-0.39, 0.29) is 12.2 Å². The predicted octanol–water partition coefficient (Wildman–Crippen LogP) is 2.68. The van der Waals surface area contributed by atoms with E-state index in [2.05, 4.69) is 20.9 Å². The lowest BCUT2D eigenvalue weighted by Crippen LogP contribution is -2.40. The average molecular weight is 403 g/mol. The van der Waals surface area contributed by atoms with Gasteiger partial charge in [-0.15, -0.1) is 0 Å². The van der Waals surface area contributed by atoms with Gasteiger partial charge < -0.3 is 25.5 Å². The van der Waals surface area contributed by atoms with E-state index in [9.17, 15) is 15.2 Å². The number of furan rings is 1. The number of hydrogen-bond donors (Lipinski definition) is 4. The number of aliphatic hydroxyl groups is 1. The maximum absolute atomic E-state index is 11.1. The van der Waals surface area contributed by atoms with Gasteiger partial charge in [0, 0.05) is 31.3 Å². The minimum Gasteiger partial charge on any atom is -0.466 e. The van der Waals surface area contributed by atoms with Crippen LogP contribution in [0.15, 0.2) is 39.7 Å². The van der Waals surface area contributed by atoms with Gasteiger partial charge in [-0.2, -0.15) is 0 Å². The first-order valence-corrected chi connectivity index (χ1v) is 9.54. The number of nitro benzene ring substituents is 1. The Morgan fingerprint density at radius 2 is 2.00 bits per heavy atom. The highest BCUT2D eigenvalue weighted by atomic mass is 16.6. The van der Waals surface area contributed by atoms with Crippen molar-refractivity contribution in [2.24, 2.45) is 4.99 Å². The first-order chi connectivity index (χ1) is 13.7. The van der Waals surface area contributed by atoms with E-state index in [1.165, 1.54) is 6.07 Å². The highest BCUT2D eigenvalue weighted by molar-refractivity contribution is 5.79. The molecular weight excluding hydrogens is 374 g/mol. The van der Waals surface area contributed by atoms with Gasteiger partial charge in [0.25, 0.3) is 5.69 Å². The number of anilines is 1. The first-order valence-electron chi connectivity index (χ1n) is 9.54. The second kappa shape index (κ2) is 9.92. The third-order valence-corrected chi connectivity index (χ3v) is 4.34. The summed E-state index contributed by atoms with van der Waals surface area (Å²) in [7, 11) is 0. The van der Waals surface area contributed by atoms with Crippen LogP contribution >= 0.6 is 0 Å². The molecule has 2 aromatic rings. The van der Waals surface area contributed by atoms with Crippen LogP contribution in [0, 0.1) is 24.0 Å². The normalized spacial score (nSPS) is 13.6. The zero-order valence-electron chi connectivity index (χ0n) is 17.3. The summed E-state index contributed by atoms with van der Waals surface area (Å²) in [5.41, 5.74) is 0.0603. The summed E-state index contributed by atoms with van der Waals surface area (Å²) in [4.78, 5) is 15.1. The Balaban J connectivity index is 1.94. The number of aryl methyl sites for hydroxylation is 2. The van der Waals surface area contributed by atoms with Crippen molar-refractivity contribution < 1.29 is 14.4 Å². The minimum atomic E-state index is -1.16. The van der Waals surface area contributed by atoms with E-state index in [0.717, 1.165) is 5.76 Å². The molecule has 0 spiro atoms. The molecule has 0 radical (unpaired) electrons. The van der Waals surface area contributed by atoms with Gasteiger partial charge in [0.1, 0.15) is 22.8 Å². The number of rotatable bonds is 9. The lowest BCUT2D eigenvalue weighted by Gasteiger charge is -2.21. The van der Waals surface area contributed by atoms with Crippen molar-refractivity contribution >= 4 is 17.3 Å². The number of para-hydroxylation sites is 2. The highest BCUT2D eigenvalue weighted by Crippen LogP contribution is 2.27. The van der Waals surface area contributed by atoms with Crippen LogP contribution in [0.5, 0.6) is 0 Å². The molecule has 0 aliphatic carbocycles. The third kappa shape index (κ3) is 6.21. The van der Waals surface area contributed by atoms with Crippen LogP contribution in [-0.4, -0.2) is 42.2 Å². The summed E-state index contributed by atoms with van der Waals surface area (Å²) in [5, 5.41) is 31.2. The smallest absolute Gasteiger partial charge is 0.292 e. The first kappa shape index (κ1) is 22.2. The molecular formula is C20H29N5O4. The average Bonchev–Trinajstić information content (AvgIpc) is 3.02. The largest absolute Gasteiger partial charge is 0.466 e. The van der Waals surface area contributed by atoms with Crippen molar-refractivity contribution in [2.45, 2.75) is 33.3 Å². The molecule has 1 unspecified atom stereocenters. The van der Waals surface area contributed by atoms with Gasteiger partial charge in [-0.3, -0.25) is 10.1 Å². The molecule has 0 aliphatic heterocycles. The van der Waals surface area contributed by atoms with Gasteiger partial charge in [0.15, 0.2) is 5.96 Å². The Morgan fingerprint density at radius 3 is 2.62 bits per heavy atom. The van der Waals surface area contributed by atoms with Crippen LogP contribution in [0.2, 0.25) is 0 Å². The highest BCUT2D eigenvalue weighted by Gasteiger charge is 2.27. The van der Waals surface area contributed by atoms with Gasteiger partial charge in [0.05, 0.1) is 11.5 Å². The number of nitrogens with one attached hydrogen (secondary N) is 3. The van der Waals surface area contributed by atoms with E-state index in [4.69, 9.17) is 4.42 Å². The van der Waals surface area contributed by atoms with E-state index in [1.807, 2.05) is 26.8 Å². The number of hydrogen-bond acceptors (Lipinski definition) is 6. The summed E-state index contributed by atoms with van der Waals surface area (Å²) >= 11 is 0. The molecule has 0 saturated heterocycles. The summed E-state index contributed by atoms with van der Waals surface area (Å²) in [6.45, 7) is 9.08. The number of nitrogens with zero attached hydrogens (tertiary/aromatic N) is 2. The van der Waals surface area contributed by atoms with E-state index in [1.54, 1.807) is 25.1 Å². The van der Waals surface area contributed by atoms with E-state index >= 15 is 0 Å². The molecule has 2 rings (SSSR count). The second-order valence-electron chi connectivity index (χ2n) is 6.92. The van der Waals surface area contributed by atoms with Crippen LogP contribution in [-0.2, 0) is 5.60 Å². The molecule has 0 bridgehead atoms. The summed E-state index contributed by atoms with van der Waals surface area (Å²) in [5.74, 6) is 1.97. The molecule has 29 heavy (non-hydrogen) atoms. The van der Waals surface area contributed by atoms with Crippen LogP contribution in [0.25, 0.3) is 0 Å². The van der Waals surface area contributed by atoms with Crippen molar-refractivity contribution in [3.63, 3.8) is 0 Å². The van der Waals surface area contributed by atoms with Gasteiger partial charge in [-0.05, 0) is 39.8 Å². The second-order valence-corrected chi connectivity index (χ2v) is 6.92. The van der Waals surface area contributed by atoms with E-state index < -0.39 is 10.5 Å². The standard InChI is InChI=1S/C20H29N5O4/c1-5-21-19(24-13-20(4,26)16-12-14(2)29-15(16)3)23-11-10-22-17-8-6-7-9-18(17)25(27)28/h6-9,12,22,26H,5,10-11,13H2,1-4H3,(H2,21,23,24). The Bertz CT molecular complexity index is 860. The Kier molecular flexibility index (Phi) is 7.60. The fourth-order valence-corrected chi connectivity index (χ4v) is 2.99. The molecule has 4 N–H and O–H groups in total. The molecule has 9 nitrogen and oxygen atoms in total. The third-order valence-electron chi connectivity index (χ3n) is 4.34. The fourth-order valence-electron chi connectivity index (χ4n) is 2.99. The molecule has 0 saturated carbocycles. The zero-order valence-corrected chi connectivity index (χ0v) is 17.3. The minimum absolute atomic E-state index is 0.0369. The Labute approximate surface area is 170 Å². The maximum atomic E-state index is 11.1. The monoisotopic (exact) mass is 403 g/mol. The molecule has 158 valence electrons. The van der Waals surface area contributed by atoms with Gasteiger partial charge in [0.2, 0.25) is 0 Å². The van der Waals surface area contributed by atoms with Crippen molar-refractivity contribution in [1.29, 1.82) is 0 Å². The van der Waals surface area contributed by atoms with Gasteiger partial charge in [-0.25, -0.2) is 4.99 Å². The van der Waals surface area contributed by atoms with Crippen LogP contribution < -0.4 is 16.0 Å². The summed E-state index contributed by atoms with van der Waals surface area (Å²) < 4.78 is 5.51. The Hall–Kier alpha value is -3.07. The van der Waals surface area contributed by atoms with Crippen LogP contribution in [0.4, 0.5) is 11.4 Å². The van der Waals surface area contributed by atoms with Crippen molar-refractivity contribution in [3.8, 4) is 0 Å². The summed E-state index contributed by atoms with van der Waals surface area (Å²) in [6.07, 6.45) is 0. The van der Waals surface area contributed by atoms with Crippen molar-refractivity contribution in [2.75, 3.05) is 31.5 Å². The van der Waals surface area contributed by atoms with E-state index in [0.29, 0.717) is 42.6 Å². The molecule has 0 amide bonds. The van der Waals surface area contributed by atoms with Crippen LogP contribution in [0.1, 0.15) is 30.9 Å². The number of nitro groups is 1. The molecule has 1 heterocycles. The van der Waals surface area contributed by atoms with Gasteiger partial charge >= 0.3 is 0 Å². The Morgan fingerprint density at radius 1 is 1.28 bits per heavy atom. The zero-order chi connectivity index (χ0) is 21.4. The molecule has 0 aliphatic rings. The lowest BCUT2D eigenvalue weighted by atomic mass is 9.96. The van der Waals surface area contributed by atoms with Crippen LogP contribution in [0.3, 0.4) is 0 Å². The maximum Gasteiger partial charge on any atom is 0.292 e. The number of guanidine groups is 1. The van der Waals surface area contributed by atoms with Gasteiger partial charge in [-0.1, -0.05) is 12.1 Å². The predicted molar refractivity (Wildman–Crippen MR) is 113 cm³/mol. The van der Waals surface area contributed by atoms with Crippen molar-refractivity contribution in [1.82, 2.24) is 10.6 Å².